The van der Waals surface area contributed by atoms with Gasteiger partial charge in [0.1, 0.15) is 0 Å². The summed E-state index contributed by atoms with van der Waals surface area (Å²) in [5.74, 6) is -1.51. The molecule has 1 saturated carbocycles. The van der Waals surface area contributed by atoms with Crippen LogP contribution in [0.5, 0.6) is 0 Å². The molecule has 0 radical (unpaired) electrons. The van der Waals surface area contributed by atoms with E-state index in [-0.39, 0.29) is 12.1 Å². The number of hydrogen-bond acceptors (Lipinski definition) is 1. The summed E-state index contributed by atoms with van der Waals surface area (Å²) in [6.07, 6.45) is -7.39. The van der Waals surface area contributed by atoms with E-state index in [4.69, 9.17) is 0 Å². The molecule has 1 aliphatic rings. The Kier molecular flexibility index (Phi) is 4.39. The van der Waals surface area contributed by atoms with Crippen LogP contribution in [0.25, 0.3) is 0 Å². The van der Waals surface area contributed by atoms with E-state index in [2.05, 4.69) is 5.32 Å². The minimum Gasteiger partial charge on any atom is -0.382 e. The van der Waals surface area contributed by atoms with Gasteiger partial charge in [0.2, 0.25) is 0 Å². The van der Waals surface area contributed by atoms with E-state index in [1.807, 2.05) is 0 Å². The minimum atomic E-state index is -4.51. The van der Waals surface area contributed by atoms with Crippen LogP contribution in [0.2, 0.25) is 0 Å². The molecule has 118 valence electrons. The van der Waals surface area contributed by atoms with Gasteiger partial charge >= 0.3 is 12.4 Å². The molecule has 2 atom stereocenters. The third-order valence-electron chi connectivity index (χ3n) is 3.73. The highest BCUT2D eigenvalue weighted by Crippen LogP contribution is 2.39. The van der Waals surface area contributed by atoms with Crippen LogP contribution in [0.15, 0.2) is 24.3 Å². The molecule has 0 bridgehead atoms. The first-order valence-electron chi connectivity index (χ1n) is 6.68. The predicted octanol–water partition coefficient (Wildman–Crippen LogP) is 5.24. The van der Waals surface area contributed by atoms with Crippen molar-refractivity contribution >= 4 is 5.69 Å². The number of rotatable bonds is 2. The van der Waals surface area contributed by atoms with Gasteiger partial charge in [-0.2, -0.15) is 26.3 Å². The van der Waals surface area contributed by atoms with Crippen molar-refractivity contribution in [3.63, 3.8) is 0 Å². The van der Waals surface area contributed by atoms with Gasteiger partial charge in [-0.1, -0.05) is 18.9 Å². The maximum atomic E-state index is 12.9. The topological polar surface area (TPSA) is 12.0 Å². The van der Waals surface area contributed by atoms with Gasteiger partial charge < -0.3 is 5.32 Å². The molecule has 0 heterocycles. The summed E-state index contributed by atoms with van der Waals surface area (Å²) >= 11 is 0. The fraction of sp³-hybridized carbons (Fsp3) is 0.571. The molecule has 1 fully saturated rings. The van der Waals surface area contributed by atoms with Crippen LogP contribution in [0.1, 0.15) is 31.2 Å². The summed E-state index contributed by atoms with van der Waals surface area (Å²) in [6.45, 7) is 0. The van der Waals surface area contributed by atoms with Crippen LogP contribution in [0.3, 0.4) is 0 Å². The second-order valence-electron chi connectivity index (χ2n) is 5.26. The lowest BCUT2D eigenvalue weighted by Crippen LogP contribution is -2.41. The number of nitrogens with one attached hydrogen (secondary N) is 1. The molecule has 0 aliphatic heterocycles. The highest BCUT2D eigenvalue weighted by Gasteiger charge is 2.45. The van der Waals surface area contributed by atoms with Gasteiger partial charge in [0.25, 0.3) is 0 Å². The van der Waals surface area contributed by atoms with Gasteiger partial charge in [0.05, 0.1) is 11.5 Å². The smallest absolute Gasteiger partial charge is 0.382 e. The van der Waals surface area contributed by atoms with E-state index >= 15 is 0 Å². The van der Waals surface area contributed by atoms with Crippen LogP contribution in [0.4, 0.5) is 32.0 Å². The van der Waals surface area contributed by atoms with E-state index in [0.29, 0.717) is 19.3 Å². The summed E-state index contributed by atoms with van der Waals surface area (Å²) in [5, 5.41) is 2.63. The maximum absolute atomic E-state index is 12.9. The van der Waals surface area contributed by atoms with Crippen molar-refractivity contribution in [3.8, 4) is 0 Å². The molecule has 0 spiro atoms. The Morgan fingerprint density at radius 1 is 0.952 bits per heavy atom. The SMILES string of the molecule is FC(F)(F)c1cccc(NC2CCCCC2C(F)(F)F)c1. The Balaban J connectivity index is 2.16. The maximum Gasteiger partial charge on any atom is 0.416 e. The summed E-state index contributed by atoms with van der Waals surface area (Å²) in [5.41, 5.74) is -0.794. The quantitative estimate of drug-likeness (QED) is 0.737. The van der Waals surface area contributed by atoms with Crippen LogP contribution in [-0.4, -0.2) is 12.2 Å². The van der Waals surface area contributed by atoms with Crippen molar-refractivity contribution in [2.45, 2.75) is 44.1 Å². The van der Waals surface area contributed by atoms with E-state index in [1.54, 1.807) is 0 Å². The third-order valence-corrected chi connectivity index (χ3v) is 3.73. The lowest BCUT2D eigenvalue weighted by Gasteiger charge is -2.34. The molecule has 1 aliphatic carbocycles. The zero-order chi connectivity index (χ0) is 15.7. The Labute approximate surface area is 118 Å². The number of alkyl halides is 6. The van der Waals surface area contributed by atoms with Crippen molar-refractivity contribution in [3.05, 3.63) is 29.8 Å². The van der Waals surface area contributed by atoms with E-state index < -0.39 is 29.9 Å². The lowest BCUT2D eigenvalue weighted by molar-refractivity contribution is -0.184. The van der Waals surface area contributed by atoms with Gasteiger partial charge in [-0.3, -0.25) is 0 Å². The average Bonchev–Trinajstić information content (AvgIpc) is 2.37. The summed E-state index contributed by atoms with van der Waals surface area (Å²) in [7, 11) is 0. The van der Waals surface area contributed by atoms with Crippen molar-refractivity contribution in [1.29, 1.82) is 0 Å². The molecule has 1 N–H and O–H groups in total. The van der Waals surface area contributed by atoms with Crippen LogP contribution >= 0.6 is 0 Å². The van der Waals surface area contributed by atoms with E-state index in [9.17, 15) is 26.3 Å². The average molecular weight is 311 g/mol. The largest absolute Gasteiger partial charge is 0.416 e. The van der Waals surface area contributed by atoms with Gasteiger partial charge in [0, 0.05) is 11.7 Å². The first-order valence-corrected chi connectivity index (χ1v) is 6.68. The Bertz CT molecular complexity index is 479. The molecule has 1 aromatic rings. The lowest BCUT2D eigenvalue weighted by atomic mass is 9.84. The second kappa shape index (κ2) is 5.77. The van der Waals surface area contributed by atoms with E-state index in [1.165, 1.54) is 12.1 Å². The molecule has 1 aromatic carbocycles. The molecule has 0 saturated heterocycles. The second-order valence-corrected chi connectivity index (χ2v) is 5.26. The molecular weight excluding hydrogens is 296 g/mol. The predicted molar refractivity (Wildman–Crippen MR) is 66.9 cm³/mol. The van der Waals surface area contributed by atoms with Crippen molar-refractivity contribution in [2.75, 3.05) is 5.32 Å². The van der Waals surface area contributed by atoms with Gasteiger partial charge in [-0.25, -0.2) is 0 Å². The minimum absolute atomic E-state index is 0.0140. The van der Waals surface area contributed by atoms with Crippen molar-refractivity contribution in [1.82, 2.24) is 0 Å². The normalized spacial score (nSPS) is 23.9. The third kappa shape index (κ3) is 4.04. The summed E-state index contributed by atoms with van der Waals surface area (Å²) < 4.78 is 76.6. The molecule has 21 heavy (non-hydrogen) atoms. The molecule has 1 nitrogen and oxygen atoms in total. The van der Waals surface area contributed by atoms with Gasteiger partial charge in [0.15, 0.2) is 0 Å². The molecule has 2 unspecified atom stereocenters. The molecule has 2 rings (SSSR count). The molecule has 0 amide bonds. The first kappa shape index (κ1) is 16.0. The monoisotopic (exact) mass is 311 g/mol. The van der Waals surface area contributed by atoms with Crippen molar-refractivity contribution < 1.29 is 26.3 Å². The van der Waals surface area contributed by atoms with Crippen LogP contribution < -0.4 is 5.32 Å². The molecule has 7 heteroatoms. The number of benzene rings is 1. The summed E-state index contributed by atoms with van der Waals surface area (Å²) in [4.78, 5) is 0. The number of anilines is 1. The Morgan fingerprint density at radius 2 is 1.62 bits per heavy atom. The summed E-state index contributed by atoms with van der Waals surface area (Å²) in [6, 6.07) is 3.42. The Hall–Kier alpha value is -1.40. The van der Waals surface area contributed by atoms with Gasteiger partial charge in [-0.05, 0) is 31.0 Å². The van der Waals surface area contributed by atoms with Crippen LogP contribution in [0, 0.1) is 5.92 Å². The molecule has 0 aromatic heterocycles. The van der Waals surface area contributed by atoms with Gasteiger partial charge in [-0.15, -0.1) is 0 Å². The standard InChI is InChI=1S/C14H15F6N/c15-13(16,17)9-4-3-5-10(8-9)21-12-7-2-1-6-11(12)14(18,19)20/h3-5,8,11-12,21H,1-2,6-7H2. The zero-order valence-electron chi connectivity index (χ0n) is 11.1. The first-order chi connectivity index (χ1) is 9.68. The van der Waals surface area contributed by atoms with Crippen molar-refractivity contribution in [2.24, 2.45) is 5.92 Å². The number of hydrogen-bond donors (Lipinski definition) is 1. The zero-order valence-corrected chi connectivity index (χ0v) is 11.1. The number of halogens is 6. The fourth-order valence-electron chi connectivity index (χ4n) is 2.69. The highest BCUT2D eigenvalue weighted by atomic mass is 19.4. The fourth-order valence-corrected chi connectivity index (χ4v) is 2.69. The Morgan fingerprint density at radius 3 is 2.24 bits per heavy atom. The highest BCUT2D eigenvalue weighted by molar-refractivity contribution is 5.47. The molecular formula is C14H15F6N. The van der Waals surface area contributed by atoms with E-state index in [0.717, 1.165) is 12.1 Å². The van der Waals surface area contributed by atoms with Crippen LogP contribution in [-0.2, 0) is 6.18 Å².